The fourth-order valence-electron chi connectivity index (χ4n) is 1.95. The van der Waals surface area contributed by atoms with E-state index in [4.69, 9.17) is 16.7 Å². The Labute approximate surface area is 134 Å². The first-order valence-corrected chi connectivity index (χ1v) is 8.36. The number of nitrogens with two attached hydrogens (primary N) is 1. The van der Waals surface area contributed by atoms with Gasteiger partial charge >= 0.3 is 0 Å². The molecule has 2 aromatic carbocycles. The second kappa shape index (κ2) is 6.48. The minimum absolute atomic E-state index is 0.0158. The Morgan fingerprint density at radius 2 is 1.91 bits per heavy atom. The van der Waals surface area contributed by atoms with E-state index in [0.29, 0.717) is 6.54 Å². The highest BCUT2D eigenvalue weighted by molar-refractivity contribution is 7.89. The van der Waals surface area contributed by atoms with Crippen LogP contribution in [0.4, 0.5) is 0 Å². The van der Waals surface area contributed by atoms with Gasteiger partial charge in [-0.05, 0) is 36.2 Å². The Bertz CT molecular complexity index is 819. The number of sulfonamides is 1. The molecule has 2 aromatic rings. The van der Waals surface area contributed by atoms with Crippen LogP contribution in [-0.4, -0.2) is 14.3 Å². The van der Waals surface area contributed by atoms with Gasteiger partial charge in [0.15, 0.2) is 0 Å². The number of hydrogen-bond acceptors (Lipinski definition) is 3. The molecule has 0 aliphatic carbocycles. The fourth-order valence-corrected chi connectivity index (χ4v) is 3.02. The number of aryl methyl sites for hydroxylation is 1. The van der Waals surface area contributed by atoms with E-state index < -0.39 is 15.9 Å². The van der Waals surface area contributed by atoms with Crippen molar-refractivity contribution in [3.8, 4) is 0 Å². The molecule has 116 valence electrons. The lowest BCUT2D eigenvalue weighted by Crippen LogP contribution is -2.24. The molecule has 0 radical (unpaired) electrons. The van der Waals surface area contributed by atoms with Crippen LogP contribution in [0.3, 0.4) is 0 Å². The summed E-state index contributed by atoms with van der Waals surface area (Å²) in [5.41, 5.74) is 2.22. The van der Waals surface area contributed by atoms with Crippen LogP contribution in [0.5, 0.6) is 0 Å². The highest BCUT2D eigenvalue weighted by atomic mass is 35.5. The molecule has 0 atom stereocenters. The molecular formula is C15H15ClN2O3S. The van der Waals surface area contributed by atoms with E-state index in [0.717, 1.165) is 11.1 Å². The Hall–Kier alpha value is -1.89. The standard InChI is InChI=1S/C15H15ClN2O3S/c1-10-4-2-3-5-12(10)9-18-15(19)11-6-7-13(16)14(8-11)22(17,20)21/h2-8H,9H2,1H3,(H,18,19)(H2,17,20,21). The Kier molecular flexibility index (Phi) is 4.85. The van der Waals surface area contributed by atoms with Gasteiger partial charge < -0.3 is 5.32 Å². The summed E-state index contributed by atoms with van der Waals surface area (Å²) in [5.74, 6) is -0.398. The summed E-state index contributed by atoms with van der Waals surface area (Å²) in [4.78, 5) is 11.9. The molecular weight excluding hydrogens is 324 g/mol. The van der Waals surface area contributed by atoms with E-state index in [-0.39, 0.29) is 15.5 Å². The summed E-state index contributed by atoms with van der Waals surface area (Å²) < 4.78 is 22.8. The van der Waals surface area contributed by atoms with Crippen LogP contribution in [0.15, 0.2) is 47.4 Å². The number of rotatable bonds is 4. The molecule has 0 saturated heterocycles. The molecule has 0 bridgehead atoms. The average molecular weight is 339 g/mol. The number of amides is 1. The lowest BCUT2D eigenvalue weighted by atomic mass is 10.1. The van der Waals surface area contributed by atoms with E-state index in [1.165, 1.54) is 18.2 Å². The van der Waals surface area contributed by atoms with Gasteiger partial charge in [0.05, 0.1) is 5.02 Å². The third-order valence-corrected chi connectivity index (χ3v) is 4.59. The van der Waals surface area contributed by atoms with Crippen LogP contribution in [0.1, 0.15) is 21.5 Å². The number of primary sulfonamides is 1. The van der Waals surface area contributed by atoms with E-state index in [1.54, 1.807) is 0 Å². The number of nitrogens with one attached hydrogen (secondary N) is 1. The monoisotopic (exact) mass is 338 g/mol. The van der Waals surface area contributed by atoms with Gasteiger partial charge in [-0.2, -0.15) is 0 Å². The second-order valence-electron chi connectivity index (χ2n) is 4.80. The first-order valence-electron chi connectivity index (χ1n) is 6.44. The molecule has 22 heavy (non-hydrogen) atoms. The van der Waals surface area contributed by atoms with Gasteiger partial charge in [0.1, 0.15) is 4.90 Å². The molecule has 0 aliphatic heterocycles. The van der Waals surface area contributed by atoms with Crippen molar-refractivity contribution in [2.45, 2.75) is 18.4 Å². The zero-order valence-corrected chi connectivity index (χ0v) is 13.4. The minimum atomic E-state index is -3.98. The van der Waals surface area contributed by atoms with Crippen molar-refractivity contribution >= 4 is 27.5 Å². The quantitative estimate of drug-likeness (QED) is 0.895. The summed E-state index contributed by atoms with van der Waals surface area (Å²) in [6, 6.07) is 11.6. The molecule has 7 heteroatoms. The van der Waals surface area contributed by atoms with Crippen LogP contribution in [-0.2, 0) is 16.6 Å². The van der Waals surface area contributed by atoms with Gasteiger partial charge in [-0.1, -0.05) is 35.9 Å². The van der Waals surface area contributed by atoms with Crippen molar-refractivity contribution in [1.29, 1.82) is 0 Å². The number of carbonyl (C=O) groups is 1. The summed E-state index contributed by atoms with van der Waals surface area (Å²) in [6.07, 6.45) is 0. The lowest BCUT2D eigenvalue weighted by molar-refractivity contribution is 0.0950. The van der Waals surface area contributed by atoms with Crippen molar-refractivity contribution in [3.05, 3.63) is 64.2 Å². The van der Waals surface area contributed by atoms with Crippen molar-refractivity contribution in [3.63, 3.8) is 0 Å². The summed E-state index contributed by atoms with van der Waals surface area (Å²) in [6.45, 7) is 2.29. The van der Waals surface area contributed by atoms with Crippen LogP contribution < -0.4 is 10.5 Å². The van der Waals surface area contributed by atoms with Crippen LogP contribution >= 0.6 is 11.6 Å². The first-order chi connectivity index (χ1) is 10.3. The zero-order valence-electron chi connectivity index (χ0n) is 11.8. The van der Waals surface area contributed by atoms with Crippen LogP contribution in [0.25, 0.3) is 0 Å². The number of halogens is 1. The number of hydrogen-bond donors (Lipinski definition) is 2. The van der Waals surface area contributed by atoms with E-state index in [2.05, 4.69) is 5.32 Å². The minimum Gasteiger partial charge on any atom is -0.348 e. The maximum atomic E-state index is 12.1. The second-order valence-corrected chi connectivity index (χ2v) is 6.74. The van der Waals surface area contributed by atoms with E-state index in [1.807, 2.05) is 31.2 Å². The summed E-state index contributed by atoms with van der Waals surface area (Å²) in [5, 5.41) is 7.79. The molecule has 3 N–H and O–H groups in total. The first kappa shape index (κ1) is 16.5. The molecule has 0 unspecified atom stereocenters. The van der Waals surface area contributed by atoms with Gasteiger partial charge in [0, 0.05) is 12.1 Å². The Morgan fingerprint density at radius 3 is 2.55 bits per heavy atom. The SMILES string of the molecule is Cc1ccccc1CNC(=O)c1ccc(Cl)c(S(N)(=O)=O)c1. The van der Waals surface area contributed by atoms with Crippen molar-refractivity contribution in [2.24, 2.45) is 5.14 Å². The molecule has 0 aromatic heterocycles. The maximum Gasteiger partial charge on any atom is 0.251 e. The topological polar surface area (TPSA) is 89.3 Å². The maximum absolute atomic E-state index is 12.1. The Morgan fingerprint density at radius 1 is 1.23 bits per heavy atom. The predicted octanol–water partition coefficient (Wildman–Crippen LogP) is 2.23. The molecule has 0 heterocycles. The Balaban J connectivity index is 2.19. The summed E-state index contributed by atoms with van der Waals surface area (Å²) in [7, 11) is -3.98. The smallest absolute Gasteiger partial charge is 0.251 e. The molecule has 5 nitrogen and oxygen atoms in total. The third kappa shape index (κ3) is 3.85. The fraction of sp³-hybridized carbons (Fsp3) is 0.133. The average Bonchev–Trinajstić information content (AvgIpc) is 2.45. The number of benzene rings is 2. The van der Waals surface area contributed by atoms with Gasteiger partial charge in [0.25, 0.3) is 5.91 Å². The van der Waals surface area contributed by atoms with Gasteiger partial charge in [-0.3, -0.25) is 4.79 Å². The van der Waals surface area contributed by atoms with E-state index >= 15 is 0 Å². The molecule has 0 aliphatic rings. The highest BCUT2D eigenvalue weighted by Crippen LogP contribution is 2.21. The van der Waals surface area contributed by atoms with Crippen LogP contribution in [0, 0.1) is 6.92 Å². The third-order valence-electron chi connectivity index (χ3n) is 3.20. The van der Waals surface area contributed by atoms with Gasteiger partial charge in [-0.15, -0.1) is 0 Å². The van der Waals surface area contributed by atoms with Crippen LogP contribution in [0.2, 0.25) is 5.02 Å². The normalized spacial score (nSPS) is 11.2. The molecule has 1 amide bonds. The van der Waals surface area contributed by atoms with Crippen molar-refractivity contribution in [2.75, 3.05) is 0 Å². The lowest BCUT2D eigenvalue weighted by Gasteiger charge is -2.09. The zero-order chi connectivity index (χ0) is 16.3. The molecule has 0 spiro atoms. The molecule has 2 rings (SSSR count). The van der Waals surface area contributed by atoms with Crippen molar-refractivity contribution < 1.29 is 13.2 Å². The summed E-state index contributed by atoms with van der Waals surface area (Å²) >= 11 is 5.79. The highest BCUT2D eigenvalue weighted by Gasteiger charge is 2.16. The van der Waals surface area contributed by atoms with Crippen molar-refractivity contribution in [1.82, 2.24) is 5.32 Å². The van der Waals surface area contributed by atoms with E-state index in [9.17, 15) is 13.2 Å². The van der Waals surface area contributed by atoms with Gasteiger partial charge in [0.2, 0.25) is 10.0 Å². The predicted molar refractivity (Wildman–Crippen MR) is 85.2 cm³/mol. The number of carbonyl (C=O) groups excluding carboxylic acids is 1. The molecule has 0 fully saturated rings. The molecule has 0 saturated carbocycles. The largest absolute Gasteiger partial charge is 0.348 e. The van der Waals surface area contributed by atoms with Gasteiger partial charge in [-0.25, -0.2) is 13.6 Å².